The molecule has 3 nitrogen and oxygen atoms in total. The first-order chi connectivity index (χ1) is 11.6. The number of hydrogen-bond donors (Lipinski definition) is 2. The van der Waals surface area contributed by atoms with Crippen LogP contribution in [0, 0.1) is 11.6 Å². The molecule has 0 aliphatic carbocycles. The van der Waals surface area contributed by atoms with Crippen LogP contribution in [0.1, 0.15) is 10.4 Å². The smallest absolute Gasteiger partial charge is 0.255 e. The standard InChI is InChI=1S/C19H14F2N2O/c20-14-6-4-13(5-7-14)19(24)23-17-10-8-16(9-11-17)22-18-3-1-2-15(21)12-18/h1-12,22H,(H,23,24). The Balaban J connectivity index is 1.66. The van der Waals surface area contributed by atoms with Crippen LogP contribution in [-0.2, 0) is 0 Å². The van der Waals surface area contributed by atoms with Crippen molar-refractivity contribution < 1.29 is 13.6 Å². The zero-order valence-corrected chi connectivity index (χ0v) is 12.6. The molecule has 3 aromatic carbocycles. The number of halogens is 2. The Kier molecular flexibility index (Phi) is 4.52. The first-order valence-corrected chi connectivity index (χ1v) is 7.30. The van der Waals surface area contributed by atoms with Crippen molar-refractivity contribution in [2.45, 2.75) is 0 Å². The van der Waals surface area contributed by atoms with Gasteiger partial charge < -0.3 is 10.6 Å². The van der Waals surface area contributed by atoms with E-state index in [2.05, 4.69) is 10.6 Å². The van der Waals surface area contributed by atoms with E-state index in [0.717, 1.165) is 5.69 Å². The van der Waals surface area contributed by atoms with Crippen LogP contribution in [0.3, 0.4) is 0 Å². The van der Waals surface area contributed by atoms with Crippen LogP contribution in [0.15, 0.2) is 72.8 Å². The fourth-order valence-electron chi connectivity index (χ4n) is 2.17. The summed E-state index contributed by atoms with van der Waals surface area (Å²) in [5, 5.41) is 5.80. The highest BCUT2D eigenvalue weighted by Gasteiger charge is 2.06. The van der Waals surface area contributed by atoms with Crippen molar-refractivity contribution in [1.29, 1.82) is 0 Å². The molecule has 0 radical (unpaired) electrons. The third-order valence-corrected chi connectivity index (χ3v) is 3.36. The highest BCUT2D eigenvalue weighted by Crippen LogP contribution is 2.20. The Morgan fingerprint density at radius 1 is 0.708 bits per heavy atom. The molecule has 120 valence electrons. The van der Waals surface area contributed by atoms with E-state index in [-0.39, 0.29) is 17.5 Å². The Bertz CT molecular complexity index is 846. The number of rotatable bonds is 4. The molecule has 3 aromatic rings. The number of nitrogens with one attached hydrogen (secondary N) is 2. The lowest BCUT2D eigenvalue weighted by atomic mass is 10.2. The molecule has 0 saturated heterocycles. The van der Waals surface area contributed by atoms with Gasteiger partial charge in [0.25, 0.3) is 5.91 Å². The Labute approximate surface area is 138 Å². The van der Waals surface area contributed by atoms with Crippen LogP contribution < -0.4 is 10.6 Å². The van der Waals surface area contributed by atoms with Gasteiger partial charge in [-0.05, 0) is 66.7 Å². The normalized spacial score (nSPS) is 10.2. The Morgan fingerprint density at radius 3 is 2.04 bits per heavy atom. The van der Waals surface area contributed by atoms with Crippen molar-refractivity contribution in [3.63, 3.8) is 0 Å². The van der Waals surface area contributed by atoms with Gasteiger partial charge in [0.05, 0.1) is 0 Å². The van der Waals surface area contributed by atoms with E-state index in [1.54, 1.807) is 36.4 Å². The molecule has 0 unspecified atom stereocenters. The van der Waals surface area contributed by atoms with Crippen LogP contribution in [-0.4, -0.2) is 5.91 Å². The highest BCUT2D eigenvalue weighted by molar-refractivity contribution is 6.04. The topological polar surface area (TPSA) is 41.1 Å². The van der Waals surface area contributed by atoms with E-state index in [1.165, 1.54) is 36.4 Å². The summed E-state index contributed by atoms with van der Waals surface area (Å²) in [5.74, 6) is -1.02. The van der Waals surface area contributed by atoms with Crippen molar-refractivity contribution in [3.05, 3.63) is 90.0 Å². The minimum atomic E-state index is -0.390. The fourth-order valence-corrected chi connectivity index (χ4v) is 2.17. The molecule has 0 saturated carbocycles. The minimum absolute atomic E-state index is 0.316. The van der Waals surface area contributed by atoms with Crippen molar-refractivity contribution >= 4 is 23.0 Å². The van der Waals surface area contributed by atoms with E-state index >= 15 is 0 Å². The molecule has 0 aliphatic rings. The monoisotopic (exact) mass is 324 g/mol. The van der Waals surface area contributed by atoms with E-state index in [0.29, 0.717) is 16.9 Å². The third-order valence-electron chi connectivity index (χ3n) is 3.36. The van der Waals surface area contributed by atoms with Crippen molar-refractivity contribution in [2.24, 2.45) is 0 Å². The number of benzene rings is 3. The van der Waals surface area contributed by atoms with Gasteiger partial charge in [0.1, 0.15) is 11.6 Å². The van der Waals surface area contributed by atoms with Crippen LogP contribution in [0.25, 0.3) is 0 Å². The predicted octanol–water partition coefficient (Wildman–Crippen LogP) is 4.96. The third kappa shape index (κ3) is 3.95. The van der Waals surface area contributed by atoms with Gasteiger partial charge in [0, 0.05) is 22.6 Å². The van der Waals surface area contributed by atoms with Gasteiger partial charge in [-0.25, -0.2) is 8.78 Å². The van der Waals surface area contributed by atoms with Gasteiger partial charge in [-0.3, -0.25) is 4.79 Å². The first kappa shape index (κ1) is 15.7. The summed E-state index contributed by atoms with van der Waals surface area (Å²) in [6.07, 6.45) is 0. The molecule has 0 atom stereocenters. The number of carbonyl (C=O) groups is 1. The van der Waals surface area contributed by atoms with E-state index in [4.69, 9.17) is 0 Å². The summed E-state index contributed by atoms with van der Waals surface area (Å²) in [5.41, 5.74) is 2.38. The highest BCUT2D eigenvalue weighted by atomic mass is 19.1. The lowest BCUT2D eigenvalue weighted by molar-refractivity contribution is 0.102. The van der Waals surface area contributed by atoms with Crippen LogP contribution in [0.4, 0.5) is 25.8 Å². The maximum Gasteiger partial charge on any atom is 0.255 e. The van der Waals surface area contributed by atoms with Crippen LogP contribution in [0.2, 0.25) is 0 Å². The summed E-state index contributed by atoms with van der Waals surface area (Å²) in [6, 6.07) is 18.4. The molecule has 0 spiro atoms. The Hall–Kier alpha value is -3.21. The van der Waals surface area contributed by atoms with E-state index in [1.807, 2.05) is 0 Å². The van der Waals surface area contributed by atoms with Gasteiger partial charge in [-0.1, -0.05) is 6.07 Å². The predicted molar refractivity (Wildman–Crippen MR) is 90.5 cm³/mol. The van der Waals surface area contributed by atoms with Crippen molar-refractivity contribution in [1.82, 2.24) is 0 Å². The average molecular weight is 324 g/mol. The first-order valence-electron chi connectivity index (χ1n) is 7.30. The number of anilines is 3. The zero-order valence-electron chi connectivity index (χ0n) is 12.6. The number of hydrogen-bond acceptors (Lipinski definition) is 2. The zero-order chi connectivity index (χ0) is 16.9. The molecule has 0 bridgehead atoms. The molecular formula is C19H14F2N2O. The average Bonchev–Trinajstić information content (AvgIpc) is 2.57. The van der Waals surface area contributed by atoms with Crippen molar-refractivity contribution in [3.8, 4) is 0 Å². The Morgan fingerprint density at radius 2 is 1.38 bits per heavy atom. The van der Waals surface area contributed by atoms with Gasteiger partial charge in [0.2, 0.25) is 0 Å². The van der Waals surface area contributed by atoms with Crippen LogP contribution >= 0.6 is 0 Å². The molecule has 0 fully saturated rings. The summed E-state index contributed by atoms with van der Waals surface area (Å²) in [4.78, 5) is 12.0. The maximum absolute atomic E-state index is 13.2. The van der Waals surface area contributed by atoms with Crippen LogP contribution in [0.5, 0.6) is 0 Å². The second kappa shape index (κ2) is 6.91. The lowest BCUT2D eigenvalue weighted by Crippen LogP contribution is -2.11. The molecule has 1 amide bonds. The molecule has 0 aliphatic heterocycles. The van der Waals surface area contributed by atoms with Gasteiger partial charge in [0.15, 0.2) is 0 Å². The molecule has 24 heavy (non-hydrogen) atoms. The number of carbonyl (C=O) groups excluding carboxylic acids is 1. The van der Waals surface area contributed by atoms with Gasteiger partial charge in [-0.2, -0.15) is 0 Å². The van der Waals surface area contributed by atoms with Gasteiger partial charge in [-0.15, -0.1) is 0 Å². The lowest BCUT2D eigenvalue weighted by Gasteiger charge is -2.09. The minimum Gasteiger partial charge on any atom is -0.355 e. The molecule has 0 aromatic heterocycles. The molecule has 0 heterocycles. The van der Waals surface area contributed by atoms with Crippen molar-refractivity contribution in [2.75, 3.05) is 10.6 Å². The van der Waals surface area contributed by atoms with Gasteiger partial charge >= 0.3 is 0 Å². The summed E-state index contributed by atoms with van der Waals surface area (Å²) in [7, 11) is 0. The van der Waals surface area contributed by atoms with E-state index in [9.17, 15) is 13.6 Å². The number of amides is 1. The fraction of sp³-hybridized carbons (Fsp3) is 0. The second-order valence-electron chi connectivity index (χ2n) is 5.17. The SMILES string of the molecule is O=C(Nc1ccc(Nc2cccc(F)c2)cc1)c1ccc(F)cc1. The molecule has 5 heteroatoms. The maximum atomic E-state index is 13.2. The van der Waals surface area contributed by atoms with E-state index < -0.39 is 0 Å². The summed E-state index contributed by atoms with van der Waals surface area (Å²) in [6.45, 7) is 0. The summed E-state index contributed by atoms with van der Waals surface area (Å²) >= 11 is 0. The molecular weight excluding hydrogens is 310 g/mol. The quantitative estimate of drug-likeness (QED) is 0.712. The second-order valence-corrected chi connectivity index (χ2v) is 5.17. The molecule has 2 N–H and O–H groups in total. The summed E-state index contributed by atoms with van der Waals surface area (Å²) < 4.78 is 26.0. The molecule has 3 rings (SSSR count). The largest absolute Gasteiger partial charge is 0.355 e.